The summed E-state index contributed by atoms with van der Waals surface area (Å²) in [5, 5.41) is 9.44. The predicted octanol–water partition coefficient (Wildman–Crippen LogP) is 0.332. The minimum atomic E-state index is 0.607. The van der Waals surface area contributed by atoms with Crippen molar-refractivity contribution in [2.24, 2.45) is 0 Å². The average Bonchev–Trinajstić information content (AvgIpc) is 2.61. The number of aromatic nitrogens is 2. The van der Waals surface area contributed by atoms with Gasteiger partial charge in [-0.15, -0.1) is 5.10 Å². The SMILES string of the molecule is C[C@@H]1CNCCN1Cc1csnn1. The highest BCUT2D eigenvalue weighted by molar-refractivity contribution is 7.03. The van der Waals surface area contributed by atoms with Crippen LogP contribution in [0, 0.1) is 0 Å². The van der Waals surface area contributed by atoms with E-state index in [1.54, 1.807) is 0 Å². The van der Waals surface area contributed by atoms with Crippen LogP contribution in [-0.2, 0) is 6.54 Å². The van der Waals surface area contributed by atoms with Crippen molar-refractivity contribution in [3.63, 3.8) is 0 Å². The molecule has 1 N–H and O–H groups in total. The normalized spacial score (nSPS) is 24.8. The van der Waals surface area contributed by atoms with Gasteiger partial charge in [0.15, 0.2) is 0 Å². The van der Waals surface area contributed by atoms with Crippen LogP contribution in [0.3, 0.4) is 0 Å². The Morgan fingerprint density at radius 3 is 3.38 bits per heavy atom. The largest absolute Gasteiger partial charge is 0.314 e. The maximum Gasteiger partial charge on any atom is 0.0895 e. The van der Waals surface area contributed by atoms with Crippen molar-refractivity contribution >= 4 is 11.5 Å². The lowest BCUT2D eigenvalue weighted by atomic mass is 10.2. The summed E-state index contributed by atoms with van der Waals surface area (Å²) in [4.78, 5) is 2.44. The summed E-state index contributed by atoms with van der Waals surface area (Å²) in [6.07, 6.45) is 0. The minimum absolute atomic E-state index is 0.607. The summed E-state index contributed by atoms with van der Waals surface area (Å²) >= 11 is 1.43. The maximum atomic E-state index is 4.05. The van der Waals surface area contributed by atoms with Gasteiger partial charge in [-0.05, 0) is 18.5 Å². The third-order valence-electron chi connectivity index (χ3n) is 2.41. The molecule has 1 aromatic heterocycles. The topological polar surface area (TPSA) is 41.0 Å². The molecule has 1 fully saturated rings. The lowest BCUT2D eigenvalue weighted by molar-refractivity contribution is 0.164. The molecule has 0 radical (unpaired) electrons. The first-order valence-corrected chi connectivity index (χ1v) is 5.40. The molecule has 1 atom stereocenters. The molecule has 2 rings (SSSR count). The molecule has 0 amide bonds. The number of nitrogens with one attached hydrogen (secondary N) is 1. The molecular formula is C8H14N4S. The smallest absolute Gasteiger partial charge is 0.0895 e. The Hall–Kier alpha value is -0.520. The molecule has 1 aliphatic rings. The molecule has 2 heterocycles. The van der Waals surface area contributed by atoms with Gasteiger partial charge in [-0.3, -0.25) is 4.90 Å². The van der Waals surface area contributed by atoms with Gasteiger partial charge in [0.1, 0.15) is 0 Å². The van der Waals surface area contributed by atoms with Crippen molar-refractivity contribution in [2.45, 2.75) is 19.5 Å². The van der Waals surface area contributed by atoms with Crippen LogP contribution < -0.4 is 5.32 Å². The van der Waals surface area contributed by atoms with Crippen LogP contribution in [0.1, 0.15) is 12.6 Å². The van der Waals surface area contributed by atoms with E-state index in [9.17, 15) is 0 Å². The van der Waals surface area contributed by atoms with Gasteiger partial charge in [0.2, 0.25) is 0 Å². The summed E-state index contributed by atoms with van der Waals surface area (Å²) in [5.74, 6) is 0. The second-order valence-electron chi connectivity index (χ2n) is 3.42. The van der Waals surface area contributed by atoms with Gasteiger partial charge in [0, 0.05) is 37.6 Å². The van der Waals surface area contributed by atoms with Gasteiger partial charge >= 0.3 is 0 Å². The fraction of sp³-hybridized carbons (Fsp3) is 0.750. The fourth-order valence-corrected chi connectivity index (χ4v) is 2.02. The zero-order valence-corrected chi connectivity index (χ0v) is 8.55. The Morgan fingerprint density at radius 1 is 1.77 bits per heavy atom. The van der Waals surface area contributed by atoms with E-state index in [-0.39, 0.29) is 0 Å². The standard InChI is InChI=1S/C8H14N4S/c1-7-4-9-2-3-12(7)5-8-6-13-11-10-8/h6-7,9H,2-5H2,1H3/t7-/m1/s1. The number of rotatable bonds is 2. The molecular weight excluding hydrogens is 184 g/mol. The molecule has 1 aromatic rings. The highest BCUT2D eigenvalue weighted by atomic mass is 32.1. The van der Waals surface area contributed by atoms with Crippen molar-refractivity contribution in [1.29, 1.82) is 0 Å². The van der Waals surface area contributed by atoms with E-state index in [0.717, 1.165) is 31.9 Å². The van der Waals surface area contributed by atoms with E-state index in [1.807, 2.05) is 5.38 Å². The van der Waals surface area contributed by atoms with Crippen LogP contribution in [0.2, 0.25) is 0 Å². The Kier molecular flexibility index (Phi) is 2.87. The number of hydrogen-bond acceptors (Lipinski definition) is 5. The fourth-order valence-electron chi connectivity index (χ4n) is 1.58. The summed E-state index contributed by atoms with van der Waals surface area (Å²) in [7, 11) is 0. The van der Waals surface area contributed by atoms with Crippen molar-refractivity contribution in [1.82, 2.24) is 19.8 Å². The molecule has 5 heteroatoms. The van der Waals surface area contributed by atoms with Crippen LogP contribution in [-0.4, -0.2) is 40.2 Å². The van der Waals surface area contributed by atoms with Crippen LogP contribution in [0.5, 0.6) is 0 Å². The van der Waals surface area contributed by atoms with E-state index in [4.69, 9.17) is 0 Å². The van der Waals surface area contributed by atoms with Crippen molar-refractivity contribution in [3.8, 4) is 0 Å². The molecule has 1 aliphatic heterocycles. The summed E-state index contributed by atoms with van der Waals surface area (Å²) in [6, 6.07) is 0.607. The molecule has 0 bridgehead atoms. The van der Waals surface area contributed by atoms with Crippen molar-refractivity contribution in [2.75, 3.05) is 19.6 Å². The number of piperazine rings is 1. The van der Waals surface area contributed by atoms with Gasteiger partial charge in [-0.2, -0.15) is 0 Å². The molecule has 13 heavy (non-hydrogen) atoms. The lowest BCUT2D eigenvalue weighted by Gasteiger charge is -2.33. The second kappa shape index (κ2) is 4.13. The summed E-state index contributed by atoms with van der Waals surface area (Å²) in [6.45, 7) is 6.46. The monoisotopic (exact) mass is 198 g/mol. The van der Waals surface area contributed by atoms with Crippen molar-refractivity contribution < 1.29 is 0 Å². The zero-order valence-electron chi connectivity index (χ0n) is 7.73. The third-order valence-corrected chi connectivity index (χ3v) is 2.96. The van der Waals surface area contributed by atoms with E-state index >= 15 is 0 Å². The van der Waals surface area contributed by atoms with Gasteiger partial charge in [-0.1, -0.05) is 4.49 Å². The van der Waals surface area contributed by atoms with Crippen LogP contribution >= 0.6 is 11.5 Å². The summed E-state index contributed by atoms with van der Waals surface area (Å²) in [5.41, 5.74) is 1.10. The predicted molar refractivity (Wildman–Crippen MR) is 52.7 cm³/mol. The molecule has 0 saturated carbocycles. The van der Waals surface area contributed by atoms with E-state index < -0.39 is 0 Å². The third kappa shape index (κ3) is 2.24. The molecule has 1 saturated heterocycles. The molecule has 0 aromatic carbocycles. The number of hydrogen-bond donors (Lipinski definition) is 1. The van der Waals surface area contributed by atoms with Crippen LogP contribution in [0.25, 0.3) is 0 Å². The lowest BCUT2D eigenvalue weighted by Crippen LogP contribution is -2.49. The van der Waals surface area contributed by atoms with Crippen molar-refractivity contribution in [3.05, 3.63) is 11.1 Å². The average molecular weight is 198 g/mol. The highest BCUT2D eigenvalue weighted by Gasteiger charge is 2.18. The van der Waals surface area contributed by atoms with Gasteiger partial charge < -0.3 is 5.32 Å². The zero-order chi connectivity index (χ0) is 9.10. The van der Waals surface area contributed by atoms with Gasteiger partial charge in [0.25, 0.3) is 0 Å². The Morgan fingerprint density at radius 2 is 2.69 bits per heavy atom. The molecule has 0 unspecified atom stereocenters. The maximum absolute atomic E-state index is 4.05. The van der Waals surface area contributed by atoms with Gasteiger partial charge in [-0.25, -0.2) is 0 Å². The Balaban J connectivity index is 1.93. The molecule has 0 aliphatic carbocycles. The first-order valence-electron chi connectivity index (χ1n) is 4.57. The van der Waals surface area contributed by atoms with E-state index in [2.05, 4.69) is 26.7 Å². The highest BCUT2D eigenvalue weighted by Crippen LogP contribution is 2.08. The first kappa shape index (κ1) is 9.05. The minimum Gasteiger partial charge on any atom is -0.314 e. The number of nitrogens with zero attached hydrogens (tertiary/aromatic N) is 3. The van der Waals surface area contributed by atoms with Crippen LogP contribution in [0.4, 0.5) is 0 Å². The quantitative estimate of drug-likeness (QED) is 0.743. The van der Waals surface area contributed by atoms with E-state index in [0.29, 0.717) is 6.04 Å². The molecule has 0 spiro atoms. The van der Waals surface area contributed by atoms with E-state index in [1.165, 1.54) is 11.5 Å². The second-order valence-corrected chi connectivity index (χ2v) is 4.03. The summed E-state index contributed by atoms with van der Waals surface area (Å²) < 4.78 is 3.86. The molecule has 72 valence electrons. The first-order chi connectivity index (χ1) is 6.36. The Bertz CT molecular complexity index is 249. The molecule has 4 nitrogen and oxygen atoms in total. The van der Waals surface area contributed by atoms with Crippen LogP contribution in [0.15, 0.2) is 5.38 Å². The Labute approximate surface area is 82.1 Å². The van der Waals surface area contributed by atoms with Gasteiger partial charge in [0.05, 0.1) is 5.69 Å².